The Kier molecular flexibility index (Phi) is 8.05. The molecule has 1 aliphatic carbocycles. The molecule has 0 heterocycles. The Morgan fingerprint density at radius 1 is 0.964 bits per heavy atom. The zero-order chi connectivity index (χ0) is 20.7. The molecule has 28 heavy (non-hydrogen) atoms. The highest BCUT2D eigenvalue weighted by Gasteiger charge is 2.27. The van der Waals surface area contributed by atoms with Crippen molar-refractivity contribution in [3.8, 4) is 0 Å². The van der Waals surface area contributed by atoms with Gasteiger partial charge in [-0.2, -0.15) is 0 Å². The molecule has 5 nitrogen and oxygen atoms in total. The summed E-state index contributed by atoms with van der Waals surface area (Å²) in [5.41, 5.74) is 4.05. The van der Waals surface area contributed by atoms with E-state index in [1.807, 2.05) is 19.2 Å². The lowest BCUT2D eigenvalue weighted by molar-refractivity contribution is -0.134. The molecular weight excluding hydrogens is 401 g/mol. The molecule has 0 spiro atoms. The van der Waals surface area contributed by atoms with E-state index in [2.05, 4.69) is 35.6 Å². The third-order valence-corrected chi connectivity index (χ3v) is 5.29. The number of hydrogen-bond acceptors (Lipinski definition) is 3. The summed E-state index contributed by atoms with van der Waals surface area (Å²) >= 11 is 12.2. The van der Waals surface area contributed by atoms with E-state index in [0.29, 0.717) is 34.2 Å². The summed E-state index contributed by atoms with van der Waals surface area (Å²) < 4.78 is 0. The maximum atomic E-state index is 9.55. The molecule has 0 aliphatic heterocycles. The molecular formula is C21H21Cl2NO4. The first-order chi connectivity index (χ1) is 13.3. The van der Waals surface area contributed by atoms with Crippen LogP contribution in [-0.2, 0) is 9.59 Å². The van der Waals surface area contributed by atoms with Crippen molar-refractivity contribution in [3.05, 3.63) is 81.4 Å². The van der Waals surface area contributed by atoms with Crippen LogP contribution in [0, 0.1) is 0 Å². The molecule has 2 aromatic rings. The minimum atomic E-state index is -1.26. The van der Waals surface area contributed by atoms with Gasteiger partial charge in [0.15, 0.2) is 0 Å². The van der Waals surface area contributed by atoms with Crippen LogP contribution in [0.2, 0.25) is 10.0 Å². The quantitative estimate of drug-likeness (QED) is 0.611. The molecule has 2 aromatic carbocycles. The molecule has 3 rings (SSSR count). The summed E-state index contributed by atoms with van der Waals surface area (Å²) in [6.07, 6.45) is 3.38. The standard InChI is InChI=1S/C17H17Cl2N.C4H4O4/c1-20-17-9-7-12(13-4-2-3-5-14(13)17)11-6-8-15(18)16(19)10-11;5-3(6)1-2-4(7)8/h2-6,8,10,12,17,20H,7,9H2,1H3;1-2H,(H,5,6)(H,7,8)/b;2-1+/t12-,17-;/m0./s1. The molecule has 2 atom stereocenters. The Labute approximate surface area is 173 Å². The van der Waals surface area contributed by atoms with Crippen molar-refractivity contribution in [2.24, 2.45) is 0 Å². The number of carboxylic acid groups (broad SMARTS) is 2. The monoisotopic (exact) mass is 421 g/mol. The topological polar surface area (TPSA) is 86.6 Å². The predicted molar refractivity (Wildman–Crippen MR) is 110 cm³/mol. The Morgan fingerprint density at radius 3 is 2.11 bits per heavy atom. The molecule has 0 aromatic heterocycles. The van der Waals surface area contributed by atoms with Gasteiger partial charge >= 0.3 is 11.9 Å². The van der Waals surface area contributed by atoms with Gasteiger partial charge in [-0.25, -0.2) is 9.59 Å². The van der Waals surface area contributed by atoms with Gasteiger partial charge in [0.1, 0.15) is 0 Å². The SMILES string of the molecule is CN[C@H]1CC[C@@H](c2ccc(Cl)c(Cl)c2)c2ccccc21.O=C(O)/C=C/C(=O)O. The van der Waals surface area contributed by atoms with E-state index in [-0.39, 0.29) is 0 Å². The van der Waals surface area contributed by atoms with Gasteiger partial charge in [-0.15, -0.1) is 0 Å². The fourth-order valence-electron chi connectivity index (χ4n) is 3.31. The summed E-state index contributed by atoms with van der Waals surface area (Å²) in [4.78, 5) is 19.1. The average Bonchev–Trinajstić information content (AvgIpc) is 2.68. The van der Waals surface area contributed by atoms with Crippen molar-refractivity contribution in [2.45, 2.75) is 24.8 Å². The van der Waals surface area contributed by atoms with Crippen LogP contribution in [0.3, 0.4) is 0 Å². The molecule has 0 fully saturated rings. The second-order valence-electron chi connectivity index (χ2n) is 6.28. The highest BCUT2D eigenvalue weighted by Crippen LogP contribution is 2.42. The van der Waals surface area contributed by atoms with Gasteiger partial charge in [0, 0.05) is 24.1 Å². The zero-order valence-electron chi connectivity index (χ0n) is 15.2. The molecule has 0 amide bonds. The first-order valence-electron chi connectivity index (χ1n) is 8.68. The van der Waals surface area contributed by atoms with Crippen molar-refractivity contribution in [1.82, 2.24) is 5.32 Å². The van der Waals surface area contributed by atoms with Gasteiger partial charge < -0.3 is 15.5 Å². The van der Waals surface area contributed by atoms with Crippen LogP contribution in [0.4, 0.5) is 0 Å². The van der Waals surface area contributed by atoms with Crippen molar-refractivity contribution in [3.63, 3.8) is 0 Å². The van der Waals surface area contributed by atoms with E-state index in [1.165, 1.54) is 16.7 Å². The van der Waals surface area contributed by atoms with Gasteiger partial charge in [0.25, 0.3) is 0 Å². The molecule has 148 valence electrons. The fraction of sp³-hybridized carbons (Fsp3) is 0.238. The zero-order valence-corrected chi connectivity index (χ0v) is 16.7. The summed E-state index contributed by atoms with van der Waals surface area (Å²) in [6, 6.07) is 15.1. The minimum Gasteiger partial charge on any atom is -0.478 e. The second-order valence-corrected chi connectivity index (χ2v) is 7.10. The molecule has 3 N–H and O–H groups in total. The summed E-state index contributed by atoms with van der Waals surface area (Å²) in [7, 11) is 2.03. The van der Waals surface area contributed by atoms with E-state index >= 15 is 0 Å². The molecule has 0 saturated carbocycles. The lowest BCUT2D eigenvalue weighted by atomic mass is 9.77. The van der Waals surface area contributed by atoms with Gasteiger partial charge in [-0.1, -0.05) is 53.5 Å². The molecule has 0 unspecified atom stereocenters. The number of aliphatic carboxylic acids is 2. The van der Waals surface area contributed by atoms with Crippen molar-refractivity contribution >= 4 is 35.1 Å². The summed E-state index contributed by atoms with van der Waals surface area (Å²) in [5, 5.41) is 20.3. The first kappa shape index (κ1) is 22.0. The fourth-order valence-corrected chi connectivity index (χ4v) is 3.61. The second kappa shape index (κ2) is 10.3. The van der Waals surface area contributed by atoms with Gasteiger partial charge in [-0.05, 0) is 48.7 Å². The maximum absolute atomic E-state index is 9.55. The Balaban J connectivity index is 0.000000300. The highest BCUT2D eigenvalue weighted by atomic mass is 35.5. The van der Waals surface area contributed by atoms with Crippen LogP contribution in [0.25, 0.3) is 0 Å². The highest BCUT2D eigenvalue weighted by molar-refractivity contribution is 6.42. The predicted octanol–water partition coefficient (Wildman–Crippen LogP) is 4.89. The number of carboxylic acids is 2. The van der Waals surface area contributed by atoms with Crippen molar-refractivity contribution < 1.29 is 19.8 Å². The molecule has 0 bridgehead atoms. The largest absolute Gasteiger partial charge is 0.478 e. The number of fused-ring (bicyclic) bond motifs is 1. The van der Waals surface area contributed by atoms with Crippen LogP contribution in [0.1, 0.15) is 41.5 Å². The number of nitrogens with one attached hydrogen (secondary N) is 1. The van der Waals surface area contributed by atoms with E-state index in [0.717, 1.165) is 12.8 Å². The lowest BCUT2D eigenvalue weighted by Crippen LogP contribution is -2.24. The normalized spacial score (nSPS) is 18.1. The van der Waals surface area contributed by atoms with Gasteiger partial charge in [0.2, 0.25) is 0 Å². The number of benzene rings is 2. The third kappa shape index (κ3) is 5.83. The maximum Gasteiger partial charge on any atom is 0.328 e. The summed E-state index contributed by atoms with van der Waals surface area (Å²) in [5.74, 6) is -2.11. The van der Waals surface area contributed by atoms with Crippen LogP contribution < -0.4 is 5.32 Å². The van der Waals surface area contributed by atoms with E-state index in [4.69, 9.17) is 33.4 Å². The van der Waals surface area contributed by atoms with Crippen LogP contribution in [0.15, 0.2) is 54.6 Å². The number of carbonyl (C=O) groups is 2. The average molecular weight is 422 g/mol. The smallest absolute Gasteiger partial charge is 0.328 e. The first-order valence-corrected chi connectivity index (χ1v) is 9.44. The molecule has 0 radical (unpaired) electrons. The Morgan fingerprint density at radius 2 is 1.57 bits per heavy atom. The Bertz CT molecular complexity index is 866. The van der Waals surface area contributed by atoms with Crippen LogP contribution in [0.5, 0.6) is 0 Å². The molecule has 0 saturated heterocycles. The van der Waals surface area contributed by atoms with E-state index in [1.54, 1.807) is 0 Å². The van der Waals surface area contributed by atoms with E-state index in [9.17, 15) is 9.59 Å². The lowest BCUT2D eigenvalue weighted by Gasteiger charge is -2.32. The van der Waals surface area contributed by atoms with Crippen LogP contribution >= 0.6 is 23.2 Å². The third-order valence-electron chi connectivity index (χ3n) is 4.55. The van der Waals surface area contributed by atoms with Gasteiger partial charge in [-0.3, -0.25) is 0 Å². The molecule has 7 heteroatoms. The van der Waals surface area contributed by atoms with E-state index < -0.39 is 11.9 Å². The number of hydrogen-bond donors (Lipinski definition) is 3. The minimum absolute atomic E-state index is 0.408. The molecule has 1 aliphatic rings. The van der Waals surface area contributed by atoms with Crippen LogP contribution in [-0.4, -0.2) is 29.2 Å². The number of rotatable bonds is 4. The Hall–Kier alpha value is -2.34. The van der Waals surface area contributed by atoms with Crippen molar-refractivity contribution in [2.75, 3.05) is 7.05 Å². The van der Waals surface area contributed by atoms with Crippen molar-refractivity contribution in [1.29, 1.82) is 0 Å². The summed E-state index contributed by atoms with van der Waals surface area (Å²) in [6.45, 7) is 0. The number of halogens is 2. The van der Waals surface area contributed by atoms with Gasteiger partial charge in [0.05, 0.1) is 10.0 Å².